The Labute approximate surface area is 198 Å². The fourth-order valence-electron chi connectivity index (χ4n) is 3.96. The van der Waals surface area contributed by atoms with E-state index in [0.717, 1.165) is 12.8 Å². The minimum Gasteiger partial charge on any atom is -0.481 e. The van der Waals surface area contributed by atoms with Gasteiger partial charge in [0.15, 0.2) is 0 Å². The Morgan fingerprint density at radius 1 is 0.688 bits per heavy atom. The van der Waals surface area contributed by atoms with E-state index < -0.39 is 17.9 Å². The van der Waals surface area contributed by atoms with Crippen LogP contribution in [0.3, 0.4) is 0 Å². The monoisotopic (exact) mass is 452 g/mol. The summed E-state index contributed by atoms with van der Waals surface area (Å²) in [5.41, 5.74) is 0. The maximum Gasteiger partial charge on any atom is 0.307 e. The highest BCUT2D eigenvalue weighted by atomic mass is 16.5. The van der Waals surface area contributed by atoms with Crippen LogP contribution in [0.1, 0.15) is 142 Å². The van der Waals surface area contributed by atoms with Crippen LogP contribution in [0.25, 0.3) is 0 Å². The summed E-state index contributed by atoms with van der Waals surface area (Å²) >= 11 is 0. The number of aliphatic carboxylic acids is 1. The number of carboxylic acids is 1. The number of ether oxygens (including phenoxy) is 1. The second kappa shape index (κ2) is 24.3. The van der Waals surface area contributed by atoms with Crippen LogP contribution in [-0.2, 0) is 14.3 Å². The predicted molar refractivity (Wildman–Crippen MR) is 135 cm³/mol. The number of carboxylic acid groups (broad SMARTS) is 1. The second-order valence-electron chi connectivity index (χ2n) is 9.25. The SMILES string of the molecule is CCCCCCCCCCCCCCCCC/C=C/CCC(CC(=O)OCCC)C(=O)O. The van der Waals surface area contributed by atoms with Gasteiger partial charge in [0.25, 0.3) is 0 Å². The molecule has 0 fully saturated rings. The summed E-state index contributed by atoms with van der Waals surface area (Å²) in [6.07, 6.45) is 27.9. The summed E-state index contributed by atoms with van der Waals surface area (Å²) in [5, 5.41) is 9.27. The molecular formula is C28H52O4. The van der Waals surface area contributed by atoms with Crippen LogP contribution in [0.15, 0.2) is 12.2 Å². The van der Waals surface area contributed by atoms with Crippen molar-refractivity contribution in [2.24, 2.45) is 5.92 Å². The molecule has 0 saturated carbocycles. The van der Waals surface area contributed by atoms with Crippen LogP contribution in [-0.4, -0.2) is 23.7 Å². The van der Waals surface area contributed by atoms with Gasteiger partial charge in [-0.05, 0) is 32.1 Å². The molecule has 188 valence electrons. The standard InChI is InChI=1S/C28H52O4/c1-3-5-6-7-8-9-10-11-12-13-14-15-16-17-18-19-20-21-22-23-26(28(30)31)25-27(29)32-24-4-2/h20-21,26H,3-19,22-25H2,1-2H3,(H,30,31)/b21-20+. The molecule has 0 bridgehead atoms. The van der Waals surface area contributed by atoms with Crippen molar-refractivity contribution in [1.29, 1.82) is 0 Å². The maximum atomic E-state index is 11.6. The van der Waals surface area contributed by atoms with Gasteiger partial charge in [0.05, 0.1) is 18.9 Å². The fourth-order valence-corrected chi connectivity index (χ4v) is 3.96. The van der Waals surface area contributed by atoms with E-state index in [1.807, 2.05) is 6.92 Å². The lowest BCUT2D eigenvalue weighted by Gasteiger charge is -2.10. The Bertz CT molecular complexity index is 458. The van der Waals surface area contributed by atoms with Crippen molar-refractivity contribution in [3.05, 3.63) is 12.2 Å². The Morgan fingerprint density at radius 3 is 1.62 bits per heavy atom. The van der Waals surface area contributed by atoms with Crippen LogP contribution in [0.2, 0.25) is 0 Å². The normalized spacial score (nSPS) is 12.3. The highest BCUT2D eigenvalue weighted by molar-refractivity contribution is 5.78. The molecule has 4 nitrogen and oxygen atoms in total. The van der Waals surface area contributed by atoms with E-state index in [2.05, 4.69) is 19.1 Å². The van der Waals surface area contributed by atoms with Gasteiger partial charge in [0.2, 0.25) is 0 Å². The van der Waals surface area contributed by atoms with Crippen molar-refractivity contribution in [3.8, 4) is 0 Å². The maximum absolute atomic E-state index is 11.6. The van der Waals surface area contributed by atoms with Crippen molar-refractivity contribution in [1.82, 2.24) is 0 Å². The number of hydrogen-bond acceptors (Lipinski definition) is 3. The van der Waals surface area contributed by atoms with Crippen molar-refractivity contribution < 1.29 is 19.4 Å². The molecule has 0 amide bonds. The summed E-state index contributed by atoms with van der Waals surface area (Å²) in [4.78, 5) is 22.9. The highest BCUT2D eigenvalue weighted by Crippen LogP contribution is 2.15. The Hall–Kier alpha value is -1.32. The molecular weight excluding hydrogens is 400 g/mol. The second-order valence-corrected chi connectivity index (χ2v) is 9.25. The summed E-state index contributed by atoms with van der Waals surface area (Å²) < 4.78 is 5.00. The molecule has 0 aliphatic carbocycles. The van der Waals surface area contributed by atoms with Gasteiger partial charge in [-0.15, -0.1) is 0 Å². The largest absolute Gasteiger partial charge is 0.481 e. The summed E-state index contributed by atoms with van der Waals surface area (Å²) in [7, 11) is 0. The first-order valence-electron chi connectivity index (χ1n) is 13.6. The molecule has 0 aromatic rings. The molecule has 0 aliphatic heterocycles. The van der Waals surface area contributed by atoms with Gasteiger partial charge in [-0.1, -0.05) is 116 Å². The Kier molecular flexibility index (Phi) is 23.3. The van der Waals surface area contributed by atoms with Crippen LogP contribution in [0.5, 0.6) is 0 Å². The van der Waals surface area contributed by atoms with E-state index >= 15 is 0 Å². The smallest absolute Gasteiger partial charge is 0.307 e. The van der Waals surface area contributed by atoms with Crippen LogP contribution >= 0.6 is 0 Å². The molecule has 0 aromatic carbocycles. The zero-order chi connectivity index (χ0) is 23.7. The molecule has 0 aromatic heterocycles. The average molecular weight is 453 g/mol. The quantitative estimate of drug-likeness (QED) is 0.0904. The van der Waals surface area contributed by atoms with Crippen molar-refractivity contribution in [2.45, 2.75) is 142 Å². The third-order valence-electron chi connectivity index (χ3n) is 6.05. The molecule has 0 radical (unpaired) electrons. The zero-order valence-electron chi connectivity index (χ0n) is 21.3. The van der Waals surface area contributed by atoms with Gasteiger partial charge >= 0.3 is 11.9 Å². The molecule has 1 atom stereocenters. The average Bonchev–Trinajstić information content (AvgIpc) is 2.78. The first-order chi connectivity index (χ1) is 15.6. The highest BCUT2D eigenvalue weighted by Gasteiger charge is 2.21. The predicted octanol–water partition coefficient (Wildman–Crippen LogP) is 8.63. The van der Waals surface area contributed by atoms with Crippen LogP contribution in [0.4, 0.5) is 0 Å². The zero-order valence-corrected chi connectivity index (χ0v) is 21.3. The number of unbranched alkanes of at least 4 members (excludes halogenated alkanes) is 15. The first-order valence-corrected chi connectivity index (χ1v) is 13.6. The molecule has 0 aliphatic rings. The number of carbonyl (C=O) groups excluding carboxylic acids is 1. The molecule has 0 spiro atoms. The Balaban J connectivity index is 3.45. The summed E-state index contributed by atoms with van der Waals surface area (Å²) in [6, 6.07) is 0. The number of carbonyl (C=O) groups is 2. The van der Waals surface area contributed by atoms with E-state index in [1.54, 1.807) is 0 Å². The number of allylic oxidation sites excluding steroid dienone is 2. The fraction of sp³-hybridized carbons (Fsp3) is 0.857. The van der Waals surface area contributed by atoms with Gasteiger partial charge in [-0.25, -0.2) is 0 Å². The van der Waals surface area contributed by atoms with Gasteiger partial charge in [0.1, 0.15) is 0 Å². The molecule has 32 heavy (non-hydrogen) atoms. The topological polar surface area (TPSA) is 63.6 Å². The molecule has 4 heteroatoms. The molecule has 0 saturated heterocycles. The number of esters is 1. The minimum atomic E-state index is -0.908. The molecule has 1 N–H and O–H groups in total. The van der Waals surface area contributed by atoms with Gasteiger partial charge in [0, 0.05) is 0 Å². The number of rotatable bonds is 24. The van der Waals surface area contributed by atoms with Crippen molar-refractivity contribution >= 4 is 11.9 Å². The first kappa shape index (κ1) is 30.7. The van der Waals surface area contributed by atoms with E-state index in [9.17, 15) is 14.7 Å². The lowest BCUT2D eigenvalue weighted by atomic mass is 9.99. The van der Waals surface area contributed by atoms with E-state index in [-0.39, 0.29) is 6.42 Å². The van der Waals surface area contributed by atoms with Gasteiger partial charge in [-0.3, -0.25) is 9.59 Å². The van der Waals surface area contributed by atoms with Crippen molar-refractivity contribution in [2.75, 3.05) is 6.61 Å². The van der Waals surface area contributed by atoms with Gasteiger partial charge < -0.3 is 9.84 Å². The van der Waals surface area contributed by atoms with Gasteiger partial charge in [-0.2, -0.15) is 0 Å². The van der Waals surface area contributed by atoms with E-state index in [1.165, 1.54) is 96.3 Å². The Morgan fingerprint density at radius 2 is 1.16 bits per heavy atom. The van der Waals surface area contributed by atoms with Crippen LogP contribution < -0.4 is 0 Å². The summed E-state index contributed by atoms with van der Waals surface area (Å²) in [5.74, 6) is -1.95. The third-order valence-corrected chi connectivity index (χ3v) is 6.05. The molecule has 0 rings (SSSR count). The number of hydrogen-bond donors (Lipinski definition) is 1. The minimum absolute atomic E-state index is 0.0256. The lowest BCUT2D eigenvalue weighted by molar-refractivity contribution is -0.151. The molecule has 0 heterocycles. The van der Waals surface area contributed by atoms with E-state index in [4.69, 9.17) is 4.74 Å². The third kappa shape index (κ3) is 21.9. The van der Waals surface area contributed by atoms with Crippen LogP contribution in [0, 0.1) is 5.92 Å². The molecule has 1 unspecified atom stereocenters. The lowest BCUT2D eigenvalue weighted by Crippen LogP contribution is -2.19. The summed E-state index contributed by atoms with van der Waals surface area (Å²) in [6.45, 7) is 4.56. The van der Waals surface area contributed by atoms with E-state index in [0.29, 0.717) is 19.4 Å². The van der Waals surface area contributed by atoms with Crippen molar-refractivity contribution in [3.63, 3.8) is 0 Å².